The monoisotopic (exact) mass is 281 g/mol. The number of hydrogen-bond donors (Lipinski definition) is 1. The first-order valence-electron chi connectivity index (χ1n) is 5.50. The fourth-order valence-corrected chi connectivity index (χ4v) is 2.35. The normalized spacial score (nSPS) is 13.2. The van der Waals surface area contributed by atoms with Gasteiger partial charge in [0.1, 0.15) is 4.60 Å². The largest absolute Gasteiger partial charge is 0.313 e. The van der Waals surface area contributed by atoms with Gasteiger partial charge in [-0.1, -0.05) is 6.07 Å². The maximum Gasteiger partial charge on any atom is 0.135 e. The zero-order valence-electron chi connectivity index (χ0n) is 9.79. The third kappa shape index (κ3) is 1.87. The van der Waals surface area contributed by atoms with E-state index in [1.165, 1.54) is 16.5 Å². The van der Waals surface area contributed by atoms with Crippen LogP contribution in [0.1, 0.15) is 25.5 Å². The summed E-state index contributed by atoms with van der Waals surface area (Å²) >= 11 is 3.49. The quantitative estimate of drug-likeness (QED) is 0.937. The van der Waals surface area contributed by atoms with Crippen LogP contribution in [0.15, 0.2) is 22.8 Å². The standard InChI is InChI=1S/C12H16BrN3/c1-4-16-11-7-9(8(2)14-3)5-6-10(11)12(13)15-16/h5-8,14H,4H2,1-3H3. The second-order valence-corrected chi connectivity index (χ2v) is 4.64. The Hall–Kier alpha value is -0.870. The molecule has 86 valence electrons. The van der Waals surface area contributed by atoms with Crippen LogP contribution in [-0.4, -0.2) is 16.8 Å². The maximum atomic E-state index is 4.45. The van der Waals surface area contributed by atoms with Crippen LogP contribution in [0.2, 0.25) is 0 Å². The first kappa shape index (κ1) is 11.6. The fourth-order valence-electron chi connectivity index (χ4n) is 1.83. The van der Waals surface area contributed by atoms with Crippen molar-refractivity contribution in [1.82, 2.24) is 15.1 Å². The number of hydrogen-bond acceptors (Lipinski definition) is 2. The highest BCUT2D eigenvalue weighted by Crippen LogP contribution is 2.26. The average Bonchev–Trinajstić information content (AvgIpc) is 2.64. The maximum absolute atomic E-state index is 4.45. The number of benzene rings is 1. The molecule has 0 aliphatic carbocycles. The molecule has 1 aromatic heterocycles. The Morgan fingerprint density at radius 2 is 2.25 bits per heavy atom. The number of aromatic nitrogens is 2. The summed E-state index contributed by atoms with van der Waals surface area (Å²) in [4.78, 5) is 0. The molecule has 0 amide bonds. The van der Waals surface area contributed by atoms with Gasteiger partial charge in [0.05, 0.1) is 5.52 Å². The van der Waals surface area contributed by atoms with E-state index >= 15 is 0 Å². The summed E-state index contributed by atoms with van der Waals surface area (Å²) in [7, 11) is 1.97. The lowest BCUT2D eigenvalue weighted by molar-refractivity contribution is 0.649. The number of fused-ring (bicyclic) bond motifs is 1. The minimum Gasteiger partial charge on any atom is -0.313 e. The molecule has 1 N–H and O–H groups in total. The van der Waals surface area contributed by atoms with Gasteiger partial charge in [0.15, 0.2) is 0 Å². The van der Waals surface area contributed by atoms with Gasteiger partial charge < -0.3 is 5.32 Å². The third-order valence-corrected chi connectivity index (χ3v) is 3.55. The summed E-state index contributed by atoms with van der Waals surface area (Å²) in [6.07, 6.45) is 0. The lowest BCUT2D eigenvalue weighted by Gasteiger charge is -2.10. The molecular weight excluding hydrogens is 266 g/mol. The van der Waals surface area contributed by atoms with Crippen LogP contribution in [-0.2, 0) is 6.54 Å². The molecule has 0 saturated heterocycles. The van der Waals surface area contributed by atoms with Crippen molar-refractivity contribution in [1.29, 1.82) is 0 Å². The number of nitrogens with zero attached hydrogens (tertiary/aromatic N) is 2. The molecule has 0 fully saturated rings. The lowest BCUT2D eigenvalue weighted by atomic mass is 10.1. The van der Waals surface area contributed by atoms with Gasteiger partial charge in [-0.15, -0.1) is 0 Å². The fraction of sp³-hybridized carbons (Fsp3) is 0.417. The number of nitrogens with one attached hydrogen (secondary N) is 1. The third-order valence-electron chi connectivity index (χ3n) is 2.96. The van der Waals surface area contributed by atoms with Gasteiger partial charge in [-0.3, -0.25) is 4.68 Å². The van der Waals surface area contributed by atoms with E-state index in [0.29, 0.717) is 6.04 Å². The molecule has 1 heterocycles. The van der Waals surface area contributed by atoms with Crippen molar-refractivity contribution in [3.8, 4) is 0 Å². The predicted molar refractivity (Wildman–Crippen MR) is 70.6 cm³/mol. The van der Waals surface area contributed by atoms with Crippen molar-refractivity contribution in [2.45, 2.75) is 26.4 Å². The Morgan fingerprint density at radius 3 is 2.88 bits per heavy atom. The zero-order chi connectivity index (χ0) is 11.7. The van der Waals surface area contributed by atoms with Crippen molar-refractivity contribution >= 4 is 26.8 Å². The van der Waals surface area contributed by atoms with E-state index in [2.05, 4.69) is 58.4 Å². The van der Waals surface area contributed by atoms with Gasteiger partial charge in [-0.2, -0.15) is 5.10 Å². The minimum atomic E-state index is 0.364. The first-order valence-corrected chi connectivity index (χ1v) is 6.30. The minimum absolute atomic E-state index is 0.364. The van der Waals surface area contributed by atoms with E-state index in [1.54, 1.807) is 0 Å². The van der Waals surface area contributed by atoms with Crippen molar-refractivity contribution in [3.05, 3.63) is 28.4 Å². The highest BCUT2D eigenvalue weighted by atomic mass is 79.9. The molecule has 0 radical (unpaired) electrons. The van der Waals surface area contributed by atoms with Gasteiger partial charge in [0.2, 0.25) is 0 Å². The van der Waals surface area contributed by atoms with Crippen molar-refractivity contribution in [2.75, 3.05) is 7.05 Å². The van der Waals surface area contributed by atoms with Crippen LogP contribution in [0, 0.1) is 0 Å². The number of rotatable bonds is 3. The molecule has 2 rings (SSSR count). The molecule has 0 bridgehead atoms. The van der Waals surface area contributed by atoms with E-state index in [0.717, 1.165) is 11.1 Å². The summed E-state index contributed by atoms with van der Waals surface area (Å²) in [5, 5.41) is 8.87. The topological polar surface area (TPSA) is 29.9 Å². The van der Waals surface area contributed by atoms with Crippen LogP contribution >= 0.6 is 15.9 Å². The highest BCUT2D eigenvalue weighted by Gasteiger charge is 2.10. The molecule has 1 atom stereocenters. The van der Waals surface area contributed by atoms with Crippen molar-refractivity contribution < 1.29 is 0 Å². The molecule has 0 aliphatic heterocycles. The second kappa shape index (κ2) is 4.55. The number of aryl methyl sites for hydroxylation is 1. The molecule has 4 heteroatoms. The summed E-state index contributed by atoms with van der Waals surface area (Å²) in [6.45, 7) is 5.15. The van der Waals surface area contributed by atoms with E-state index in [9.17, 15) is 0 Å². The zero-order valence-corrected chi connectivity index (χ0v) is 11.4. The summed E-state index contributed by atoms with van der Waals surface area (Å²) in [5.74, 6) is 0. The molecule has 3 nitrogen and oxygen atoms in total. The molecule has 1 aromatic carbocycles. The van der Waals surface area contributed by atoms with Crippen molar-refractivity contribution in [3.63, 3.8) is 0 Å². The van der Waals surface area contributed by atoms with Crippen LogP contribution < -0.4 is 5.32 Å². The van der Waals surface area contributed by atoms with Gasteiger partial charge in [0.25, 0.3) is 0 Å². The average molecular weight is 282 g/mol. The smallest absolute Gasteiger partial charge is 0.135 e. The summed E-state index contributed by atoms with van der Waals surface area (Å²) in [5.41, 5.74) is 2.48. The first-order chi connectivity index (χ1) is 7.67. The van der Waals surface area contributed by atoms with Crippen LogP contribution in [0.3, 0.4) is 0 Å². The number of halogens is 1. The van der Waals surface area contributed by atoms with Crippen molar-refractivity contribution in [2.24, 2.45) is 0 Å². The molecular formula is C12H16BrN3. The Morgan fingerprint density at radius 1 is 1.50 bits per heavy atom. The Labute approximate surface area is 104 Å². The molecule has 1 unspecified atom stereocenters. The Balaban J connectivity index is 2.59. The molecule has 0 saturated carbocycles. The van der Waals surface area contributed by atoms with Gasteiger partial charge in [-0.25, -0.2) is 0 Å². The Kier molecular flexibility index (Phi) is 3.30. The van der Waals surface area contributed by atoms with Crippen LogP contribution in [0.25, 0.3) is 10.9 Å². The van der Waals surface area contributed by atoms with E-state index in [4.69, 9.17) is 0 Å². The highest BCUT2D eigenvalue weighted by molar-refractivity contribution is 9.10. The molecule has 0 spiro atoms. The molecule has 16 heavy (non-hydrogen) atoms. The van der Waals surface area contributed by atoms with E-state index in [-0.39, 0.29) is 0 Å². The lowest BCUT2D eigenvalue weighted by Crippen LogP contribution is -2.12. The van der Waals surface area contributed by atoms with Gasteiger partial charge in [0, 0.05) is 18.0 Å². The second-order valence-electron chi connectivity index (χ2n) is 3.89. The summed E-state index contributed by atoms with van der Waals surface area (Å²) in [6, 6.07) is 6.85. The molecule has 2 aromatic rings. The SMILES string of the molecule is CCn1nc(Br)c2ccc(C(C)NC)cc21. The van der Waals surface area contributed by atoms with E-state index < -0.39 is 0 Å². The van der Waals surface area contributed by atoms with Crippen LogP contribution in [0.5, 0.6) is 0 Å². The van der Waals surface area contributed by atoms with Gasteiger partial charge >= 0.3 is 0 Å². The van der Waals surface area contributed by atoms with Gasteiger partial charge in [-0.05, 0) is 54.5 Å². The van der Waals surface area contributed by atoms with E-state index in [1.807, 2.05) is 11.7 Å². The predicted octanol–water partition coefficient (Wildman–Crippen LogP) is 3.10. The summed E-state index contributed by atoms with van der Waals surface area (Å²) < 4.78 is 2.94. The molecule has 0 aliphatic rings. The van der Waals surface area contributed by atoms with Crippen LogP contribution in [0.4, 0.5) is 0 Å². The Bertz CT molecular complexity index is 504.